The molecule has 1 aromatic rings. The Bertz CT molecular complexity index is 379. The molecule has 16 heavy (non-hydrogen) atoms. The average Bonchev–Trinajstić information content (AvgIpc) is 2.21. The number of urea groups is 1. The summed E-state index contributed by atoms with van der Waals surface area (Å²) in [6.45, 7) is 4.69. The van der Waals surface area contributed by atoms with Gasteiger partial charge in [-0.3, -0.25) is 0 Å². The summed E-state index contributed by atoms with van der Waals surface area (Å²) < 4.78 is 0. The second kappa shape index (κ2) is 5.61. The number of hydrogen-bond acceptors (Lipinski definition) is 2. The molecule has 0 aromatic heterocycles. The molecule has 1 rings (SSSR count). The highest BCUT2D eigenvalue weighted by Gasteiger charge is 2.03. The molecule has 0 atom stereocenters. The van der Waals surface area contributed by atoms with Gasteiger partial charge in [0.05, 0.1) is 10.7 Å². The van der Waals surface area contributed by atoms with Crippen molar-refractivity contribution in [2.45, 2.75) is 13.8 Å². The van der Waals surface area contributed by atoms with Crippen LogP contribution >= 0.6 is 11.6 Å². The maximum Gasteiger partial charge on any atom is 0.319 e. The summed E-state index contributed by atoms with van der Waals surface area (Å²) in [6, 6.07) is 4.73. The third-order valence-corrected chi connectivity index (χ3v) is 2.26. The van der Waals surface area contributed by atoms with Crippen LogP contribution in [0, 0.1) is 5.92 Å². The van der Waals surface area contributed by atoms with Gasteiger partial charge in [-0.05, 0) is 24.1 Å². The van der Waals surface area contributed by atoms with Crippen molar-refractivity contribution in [1.82, 2.24) is 5.32 Å². The van der Waals surface area contributed by atoms with Gasteiger partial charge in [-0.25, -0.2) is 4.79 Å². The lowest BCUT2D eigenvalue weighted by Crippen LogP contribution is -2.31. The zero-order valence-electron chi connectivity index (χ0n) is 9.38. The van der Waals surface area contributed by atoms with Crippen LogP contribution < -0.4 is 16.4 Å². The smallest absolute Gasteiger partial charge is 0.319 e. The molecule has 0 aliphatic heterocycles. The van der Waals surface area contributed by atoms with E-state index in [1.165, 1.54) is 0 Å². The van der Waals surface area contributed by atoms with Crippen molar-refractivity contribution in [3.05, 3.63) is 23.2 Å². The van der Waals surface area contributed by atoms with Crippen LogP contribution in [-0.4, -0.2) is 12.6 Å². The van der Waals surface area contributed by atoms with Crippen LogP contribution in [0.4, 0.5) is 16.2 Å². The molecule has 0 saturated heterocycles. The Balaban J connectivity index is 2.53. The molecule has 2 amide bonds. The average molecular weight is 242 g/mol. The maximum absolute atomic E-state index is 11.4. The highest BCUT2D eigenvalue weighted by atomic mass is 35.5. The molecule has 0 heterocycles. The summed E-state index contributed by atoms with van der Waals surface area (Å²) in [5.41, 5.74) is 6.68. The van der Waals surface area contributed by atoms with E-state index in [0.29, 0.717) is 28.9 Å². The van der Waals surface area contributed by atoms with Crippen LogP contribution in [0.2, 0.25) is 5.02 Å². The Hall–Kier alpha value is -1.42. The molecular weight excluding hydrogens is 226 g/mol. The highest BCUT2D eigenvalue weighted by Crippen LogP contribution is 2.22. The van der Waals surface area contributed by atoms with Gasteiger partial charge in [0.15, 0.2) is 0 Å². The predicted molar refractivity (Wildman–Crippen MR) is 67.7 cm³/mol. The van der Waals surface area contributed by atoms with Crippen molar-refractivity contribution in [3.63, 3.8) is 0 Å². The van der Waals surface area contributed by atoms with E-state index in [0.717, 1.165) is 0 Å². The number of rotatable bonds is 3. The first-order valence-corrected chi connectivity index (χ1v) is 5.46. The zero-order chi connectivity index (χ0) is 12.1. The fraction of sp³-hybridized carbons (Fsp3) is 0.364. The minimum absolute atomic E-state index is 0.241. The molecule has 0 aliphatic carbocycles. The third kappa shape index (κ3) is 3.98. The van der Waals surface area contributed by atoms with Gasteiger partial charge in [-0.15, -0.1) is 0 Å². The number of nitrogen functional groups attached to an aromatic ring is 1. The van der Waals surface area contributed by atoms with Crippen LogP contribution in [0.5, 0.6) is 0 Å². The lowest BCUT2D eigenvalue weighted by atomic mass is 10.2. The quantitative estimate of drug-likeness (QED) is 0.713. The molecule has 0 radical (unpaired) electrons. The first-order chi connectivity index (χ1) is 7.49. The van der Waals surface area contributed by atoms with Gasteiger partial charge in [-0.1, -0.05) is 25.4 Å². The fourth-order valence-corrected chi connectivity index (χ4v) is 1.26. The Morgan fingerprint density at radius 3 is 2.75 bits per heavy atom. The molecule has 0 spiro atoms. The Labute approximate surface area is 100 Å². The van der Waals surface area contributed by atoms with Crippen molar-refractivity contribution in [3.8, 4) is 0 Å². The number of benzene rings is 1. The fourth-order valence-electron chi connectivity index (χ4n) is 1.08. The molecule has 1 aromatic carbocycles. The predicted octanol–water partition coefficient (Wildman–Crippen LogP) is 2.70. The van der Waals surface area contributed by atoms with Crippen LogP contribution in [0.1, 0.15) is 13.8 Å². The lowest BCUT2D eigenvalue weighted by molar-refractivity contribution is 0.251. The summed E-state index contributed by atoms with van der Waals surface area (Å²) in [5, 5.41) is 5.85. The van der Waals surface area contributed by atoms with E-state index in [-0.39, 0.29) is 6.03 Å². The number of nitrogens with one attached hydrogen (secondary N) is 2. The van der Waals surface area contributed by atoms with E-state index >= 15 is 0 Å². The van der Waals surface area contributed by atoms with Gasteiger partial charge in [-0.2, -0.15) is 0 Å². The molecule has 88 valence electrons. The normalized spacial score (nSPS) is 10.2. The van der Waals surface area contributed by atoms with Gasteiger partial charge in [0, 0.05) is 12.2 Å². The van der Waals surface area contributed by atoms with Gasteiger partial charge < -0.3 is 16.4 Å². The molecule has 4 nitrogen and oxygen atoms in total. The molecule has 5 heteroatoms. The molecule has 0 fully saturated rings. The molecular formula is C11H16ClN3O. The molecule has 0 bridgehead atoms. The first-order valence-electron chi connectivity index (χ1n) is 5.09. The monoisotopic (exact) mass is 241 g/mol. The largest absolute Gasteiger partial charge is 0.398 e. The first kappa shape index (κ1) is 12.6. The van der Waals surface area contributed by atoms with Gasteiger partial charge >= 0.3 is 6.03 Å². The van der Waals surface area contributed by atoms with E-state index in [2.05, 4.69) is 10.6 Å². The molecule has 0 saturated carbocycles. The van der Waals surface area contributed by atoms with Gasteiger partial charge in [0.25, 0.3) is 0 Å². The Kier molecular flexibility index (Phi) is 4.43. The lowest BCUT2D eigenvalue weighted by Gasteiger charge is -2.10. The van der Waals surface area contributed by atoms with E-state index < -0.39 is 0 Å². The summed E-state index contributed by atoms with van der Waals surface area (Å²) >= 11 is 5.83. The number of halogens is 1. The standard InChI is InChI=1S/C11H16ClN3O/c1-7(2)6-14-11(16)15-8-3-4-10(13)9(12)5-8/h3-5,7H,6,13H2,1-2H3,(H2,14,15,16). The topological polar surface area (TPSA) is 67.2 Å². The number of amides is 2. The second-order valence-corrected chi connectivity index (χ2v) is 4.37. The number of nitrogens with two attached hydrogens (primary N) is 1. The SMILES string of the molecule is CC(C)CNC(=O)Nc1ccc(N)c(Cl)c1. The summed E-state index contributed by atoms with van der Waals surface area (Å²) in [6.07, 6.45) is 0. The summed E-state index contributed by atoms with van der Waals surface area (Å²) in [5.74, 6) is 0.417. The van der Waals surface area contributed by atoms with E-state index in [1.54, 1.807) is 18.2 Å². The Morgan fingerprint density at radius 1 is 1.50 bits per heavy atom. The van der Waals surface area contributed by atoms with Crippen LogP contribution in [-0.2, 0) is 0 Å². The number of hydrogen-bond donors (Lipinski definition) is 3. The van der Waals surface area contributed by atoms with Crippen molar-refractivity contribution < 1.29 is 4.79 Å². The van der Waals surface area contributed by atoms with Crippen molar-refractivity contribution in [2.75, 3.05) is 17.6 Å². The van der Waals surface area contributed by atoms with Gasteiger partial charge in [0.2, 0.25) is 0 Å². The molecule has 0 unspecified atom stereocenters. The minimum atomic E-state index is -0.241. The van der Waals surface area contributed by atoms with E-state index in [9.17, 15) is 4.79 Å². The molecule has 0 aliphatic rings. The van der Waals surface area contributed by atoms with Crippen LogP contribution in [0.15, 0.2) is 18.2 Å². The summed E-state index contributed by atoms with van der Waals surface area (Å²) in [7, 11) is 0. The minimum Gasteiger partial charge on any atom is -0.398 e. The van der Waals surface area contributed by atoms with Crippen LogP contribution in [0.25, 0.3) is 0 Å². The van der Waals surface area contributed by atoms with Crippen LogP contribution in [0.3, 0.4) is 0 Å². The molecule has 4 N–H and O–H groups in total. The number of anilines is 2. The third-order valence-electron chi connectivity index (χ3n) is 1.93. The van der Waals surface area contributed by atoms with Gasteiger partial charge in [0.1, 0.15) is 0 Å². The van der Waals surface area contributed by atoms with E-state index in [1.807, 2.05) is 13.8 Å². The van der Waals surface area contributed by atoms with Crippen molar-refractivity contribution in [2.24, 2.45) is 5.92 Å². The zero-order valence-corrected chi connectivity index (χ0v) is 10.1. The van der Waals surface area contributed by atoms with E-state index in [4.69, 9.17) is 17.3 Å². The summed E-state index contributed by atoms with van der Waals surface area (Å²) in [4.78, 5) is 11.4. The highest BCUT2D eigenvalue weighted by molar-refractivity contribution is 6.33. The maximum atomic E-state index is 11.4. The number of carbonyl (C=O) groups is 1. The van der Waals surface area contributed by atoms with Crippen molar-refractivity contribution >= 4 is 29.0 Å². The Morgan fingerprint density at radius 2 is 2.19 bits per heavy atom. The number of carbonyl (C=O) groups excluding carboxylic acids is 1. The van der Waals surface area contributed by atoms with Crippen molar-refractivity contribution in [1.29, 1.82) is 0 Å². The second-order valence-electron chi connectivity index (χ2n) is 3.97.